The van der Waals surface area contributed by atoms with Crippen molar-refractivity contribution in [3.8, 4) is 0 Å². The highest BCUT2D eigenvalue weighted by Crippen LogP contribution is 2.11. The van der Waals surface area contributed by atoms with Crippen LogP contribution < -0.4 is 10.6 Å². The van der Waals surface area contributed by atoms with Gasteiger partial charge in [0, 0.05) is 44.8 Å². The minimum atomic E-state index is 0.744. The van der Waals surface area contributed by atoms with E-state index in [-0.39, 0.29) is 0 Å². The number of hydrogen-bond acceptors (Lipinski definition) is 3. The van der Waals surface area contributed by atoms with Gasteiger partial charge in [-0.25, -0.2) is 0 Å². The third-order valence-corrected chi connectivity index (χ3v) is 5.02. The van der Waals surface area contributed by atoms with E-state index in [0.717, 1.165) is 63.3 Å². The van der Waals surface area contributed by atoms with E-state index in [1.54, 1.807) is 7.05 Å². The number of hydrogen-bond donors (Lipinski definition) is 2. The van der Waals surface area contributed by atoms with Gasteiger partial charge < -0.3 is 15.4 Å². The van der Waals surface area contributed by atoms with Crippen molar-refractivity contribution >= 4 is 17.6 Å². The summed E-state index contributed by atoms with van der Waals surface area (Å²) in [7, 11) is 1.80. The predicted molar refractivity (Wildman–Crippen MR) is 116 cm³/mol. The van der Waals surface area contributed by atoms with Gasteiger partial charge in [-0.1, -0.05) is 48.0 Å². The first-order chi connectivity index (χ1) is 13.7. The standard InChI is InChI=1S/C22H29ClN4O/c1-24-22(25-9-8-18-4-3-7-21(23)15-18)26-16-19-5-2-6-20(14-19)17-27-10-12-28-13-11-27/h2-7,14-15H,8-13,16-17H2,1H3,(H2,24,25,26). The molecule has 1 fully saturated rings. The summed E-state index contributed by atoms with van der Waals surface area (Å²) in [5.74, 6) is 0.806. The van der Waals surface area contributed by atoms with Gasteiger partial charge in [-0.15, -0.1) is 0 Å². The highest BCUT2D eigenvalue weighted by atomic mass is 35.5. The van der Waals surface area contributed by atoms with Crippen molar-refractivity contribution in [1.82, 2.24) is 15.5 Å². The molecule has 0 aromatic heterocycles. The molecule has 150 valence electrons. The first-order valence-corrected chi connectivity index (χ1v) is 10.2. The summed E-state index contributed by atoms with van der Waals surface area (Å²) >= 11 is 6.04. The van der Waals surface area contributed by atoms with E-state index in [9.17, 15) is 0 Å². The summed E-state index contributed by atoms with van der Waals surface area (Å²) in [4.78, 5) is 6.75. The Bertz CT molecular complexity index is 775. The third-order valence-electron chi connectivity index (χ3n) is 4.78. The zero-order valence-corrected chi connectivity index (χ0v) is 17.2. The molecule has 2 N–H and O–H groups in total. The minimum absolute atomic E-state index is 0.744. The molecule has 5 nitrogen and oxygen atoms in total. The van der Waals surface area contributed by atoms with Crippen molar-refractivity contribution in [3.63, 3.8) is 0 Å². The highest BCUT2D eigenvalue weighted by molar-refractivity contribution is 6.30. The average Bonchev–Trinajstić information content (AvgIpc) is 2.72. The Morgan fingerprint density at radius 1 is 1.04 bits per heavy atom. The summed E-state index contributed by atoms with van der Waals surface area (Å²) in [6.07, 6.45) is 0.899. The molecule has 1 saturated heterocycles. The number of guanidine groups is 1. The van der Waals surface area contributed by atoms with Gasteiger partial charge in [0.15, 0.2) is 5.96 Å². The maximum absolute atomic E-state index is 6.04. The fraction of sp³-hybridized carbons (Fsp3) is 0.409. The van der Waals surface area contributed by atoms with Crippen molar-refractivity contribution in [3.05, 3.63) is 70.2 Å². The van der Waals surface area contributed by atoms with Crippen molar-refractivity contribution < 1.29 is 4.74 Å². The fourth-order valence-electron chi connectivity index (χ4n) is 3.28. The van der Waals surface area contributed by atoms with Crippen LogP contribution in [-0.2, 0) is 24.2 Å². The van der Waals surface area contributed by atoms with E-state index in [1.807, 2.05) is 18.2 Å². The van der Waals surface area contributed by atoms with Crippen LogP contribution >= 0.6 is 11.6 Å². The van der Waals surface area contributed by atoms with E-state index >= 15 is 0 Å². The lowest BCUT2D eigenvalue weighted by Crippen LogP contribution is -2.38. The second-order valence-corrected chi connectivity index (χ2v) is 7.38. The monoisotopic (exact) mass is 400 g/mol. The molecule has 0 aliphatic carbocycles. The van der Waals surface area contributed by atoms with Gasteiger partial charge in [0.05, 0.1) is 13.2 Å². The molecule has 2 aromatic rings. The summed E-state index contributed by atoms with van der Waals surface area (Å²) in [6.45, 7) is 6.20. The molecular weight excluding hydrogens is 372 g/mol. The number of ether oxygens (including phenoxy) is 1. The van der Waals surface area contributed by atoms with Crippen LogP contribution in [0.5, 0.6) is 0 Å². The topological polar surface area (TPSA) is 48.9 Å². The molecule has 28 heavy (non-hydrogen) atoms. The van der Waals surface area contributed by atoms with Crippen LogP contribution in [0.3, 0.4) is 0 Å². The van der Waals surface area contributed by atoms with E-state index in [2.05, 4.69) is 50.9 Å². The van der Waals surface area contributed by atoms with Crippen LogP contribution in [-0.4, -0.2) is 50.8 Å². The largest absolute Gasteiger partial charge is 0.379 e. The number of aliphatic imine (C=N–C) groups is 1. The van der Waals surface area contributed by atoms with Crippen LogP contribution in [0.15, 0.2) is 53.5 Å². The van der Waals surface area contributed by atoms with Crippen molar-refractivity contribution in [2.24, 2.45) is 4.99 Å². The molecular formula is C22H29ClN4O. The van der Waals surface area contributed by atoms with Gasteiger partial charge in [0.2, 0.25) is 0 Å². The Morgan fingerprint density at radius 2 is 1.79 bits per heavy atom. The Kier molecular flexibility index (Phi) is 8.15. The molecule has 0 atom stereocenters. The SMILES string of the molecule is CN=C(NCCc1cccc(Cl)c1)NCc1cccc(CN2CCOCC2)c1. The second-order valence-electron chi connectivity index (χ2n) is 6.94. The van der Waals surface area contributed by atoms with Gasteiger partial charge in [0.1, 0.15) is 0 Å². The molecule has 0 radical (unpaired) electrons. The van der Waals surface area contributed by atoms with Crippen LogP contribution in [0.1, 0.15) is 16.7 Å². The summed E-state index contributed by atoms with van der Waals surface area (Å²) < 4.78 is 5.43. The first-order valence-electron chi connectivity index (χ1n) is 9.80. The Labute approximate surface area is 172 Å². The first kappa shape index (κ1) is 20.6. The summed E-state index contributed by atoms with van der Waals surface area (Å²) in [5.41, 5.74) is 3.81. The van der Waals surface area contributed by atoms with Crippen LogP contribution in [0.2, 0.25) is 5.02 Å². The number of nitrogens with one attached hydrogen (secondary N) is 2. The average molecular weight is 401 g/mol. The lowest BCUT2D eigenvalue weighted by molar-refractivity contribution is 0.0342. The quantitative estimate of drug-likeness (QED) is 0.554. The maximum Gasteiger partial charge on any atom is 0.191 e. The van der Waals surface area contributed by atoms with Crippen LogP contribution in [0.4, 0.5) is 0 Å². The number of rotatable bonds is 7. The molecule has 3 rings (SSSR count). The normalized spacial score (nSPS) is 15.4. The lowest BCUT2D eigenvalue weighted by Gasteiger charge is -2.26. The van der Waals surface area contributed by atoms with E-state index in [4.69, 9.17) is 16.3 Å². The zero-order valence-electron chi connectivity index (χ0n) is 16.5. The third kappa shape index (κ3) is 6.82. The Balaban J connectivity index is 1.44. The lowest BCUT2D eigenvalue weighted by atomic mass is 10.1. The molecule has 0 unspecified atom stereocenters. The summed E-state index contributed by atoms with van der Waals surface area (Å²) in [6, 6.07) is 16.7. The zero-order chi connectivity index (χ0) is 19.6. The number of benzene rings is 2. The van der Waals surface area contributed by atoms with E-state index in [0.29, 0.717) is 0 Å². The summed E-state index contributed by atoms with van der Waals surface area (Å²) in [5, 5.41) is 7.53. The van der Waals surface area contributed by atoms with Crippen molar-refractivity contribution in [2.75, 3.05) is 39.9 Å². The van der Waals surface area contributed by atoms with E-state index < -0.39 is 0 Å². The smallest absolute Gasteiger partial charge is 0.191 e. The Hall–Kier alpha value is -2.08. The van der Waals surface area contributed by atoms with Crippen molar-refractivity contribution in [1.29, 1.82) is 0 Å². The molecule has 0 bridgehead atoms. The fourth-order valence-corrected chi connectivity index (χ4v) is 3.49. The van der Waals surface area contributed by atoms with E-state index in [1.165, 1.54) is 16.7 Å². The molecule has 1 aliphatic heterocycles. The number of morpholine rings is 1. The molecule has 0 spiro atoms. The van der Waals surface area contributed by atoms with Crippen LogP contribution in [0.25, 0.3) is 0 Å². The van der Waals surface area contributed by atoms with Gasteiger partial charge >= 0.3 is 0 Å². The molecule has 0 saturated carbocycles. The molecule has 0 amide bonds. The molecule has 1 heterocycles. The maximum atomic E-state index is 6.04. The van der Waals surface area contributed by atoms with Crippen LogP contribution in [0, 0.1) is 0 Å². The number of nitrogens with zero attached hydrogens (tertiary/aromatic N) is 2. The van der Waals surface area contributed by atoms with Crippen molar-refractivity contribution in [2.45, 2.75) is 19.5 Å². The Morgan fingerprint density at radius 3 is 2.57 bits per heavy atom. The predicted octanol–water partition coefficient (Wildman–Crippen LogP) is 3.08. The van der Waals surface area contributed by atoms with Gasteiger partial charge in [-0.2, -0.15) is 0 Å². The van der Waals surface area contributed by atoms with Gasteiger partial charge in [-0.3, -0.25) is 9.89 Å². The molecule has 1 aliphatic rings. The molecule has 6 heteroatoms. The van der Waals surface area contributed by atoms with Gasteiger partial charge in [-0.05, 0) is 35.2 Å². The highest BCUT2D eigenvalue weighted by Gasteiger charge is 2.10. The van der Waals surface area contributed by atoms with Gasteiger partial charge in [0.25, 0.3) is 0 Å². The number of halogens is 1. The molecule has 2 aromatic carbocycles. The second kappa shape index (κ2) is 11.1. The minimum Gasteiger partial charge on any atom is -0.379 e.